The number of ether oxygens (including phenoxy) is 4. The van der Waals surface area contributed by atoms with E-state index in [2.05, 4.69) is 0 Å². The van der Waals surface area contributed by atoms with Gasteiger partial charge in [-0.1, -0.05) is 30.3 Å². The summed E-state index contributed by atoms with van der Waals surface area (Å²) in [6.07, 6.45) is 0. The summed E-state index contributed by atoms with van der Waals surface area (Å²) in [6.45, 7) is 1.35. The van der Waals surface area contributed by atoms with Crippen LogP contribution in [0.4, 0.5) is 4.39 Å². The van der Waals surface area contributed by atoms with Crippen LogP contribution < -0.4 is 18.9 Å². The Morgan fingerprint density at radius 3 is 2.26 bits per heavy atom. The number of halogens is 1. The number of nitrogens with zero attached hydrogens (tertiary/aromatic N) is 2. The van der Waals surface area contributed by atoms with E-state index in [1.165, 1.54) is 63.6 Å². The molecule has 0 spiro atoms. The Hall–Kier alpha value is -5.89. The van der Waals surface area contributed by atoms with Crippen molar-refractivity contribution in [2.45, 2.75) is 24.4 Å². The van der Waals surface area contributed by atoms with Gasteiger partial charge < -0.3 is 29.0 Å². The molecule has 0 bridgehead atoms. The summed E-state index contributed by atoms with van der Waals surface area (Å²) in [5.41, 5.74) is -0.841. The second kappa shape index (κ2) is 12.1. The lowest BCUT2D eigenvalue weighted by molar-refractivity contribution is -0.148. The van der Waals surface area contributed by atoms with Crippen molar-refractivity contribution in [3.8, 4) is 29.1 Å². The molecule has 2 aliphatic rings. The fraction of sp³-hybridized carbons (Fsp3) is 0.222. The summed E-state index contributed by atoms with van der Waals surface area (Å²) in [6, 6.07) is 21.5. The average molecular weight is 637 g/mol. The number of hydrogen-bond acceptors (Lipinski definition) is 8. The number of aliphatic carboxylic acids is 1. The van der Waals surface area contributed by atoms with Crippen LogP contribution in [0.3, 0.4) is 0 Å². The van der Waals surface area contributed by atoms with Crippen LogP contribution in [0.1, 0.15) is 56.3 Å². The van der Waals surface area contributed by atoms with E-state index in [1.807, 2.05) is 6.07 Å². The third kappa shape index (κ3) is 5.17. The molecule has 4 unspecified atom stereocenters. The van der Waals surface area contributed by atoms with Gasteiger partial charge >= 0.3 is 5.97 Å². The molecule has 4 aromatic rings. The minimum atomic E-state index is -2.07. The predicted molar refractivity (Wildman–Crippen MR) is 165 cm³/mol. The van der Waals surface area contributed by atoms with Gasteiger partial charge in [-0.2, -0.15) is 5.26 Å². The molecule has 0 radical (unpaired) electrons. The van der Waals surface area contributed by atoms with E-state index in [0.717, 1.165) is 11.0 Å². The van der Waals surface area contributed by atoms with Gasteiger partial charge in [0, 0.05) is 17.0 Å². The number of carboxylic acids is 1. The van der Waals surface area contributed by atoms with E-state index in [0.29, 0.717) is 33.9 Å². The van der Waals surface area contributed by atoms with Crippen molar-refractivity contribution >= 4 is 17.7 Å². The molecule has 1 amide bonds. The number of benzene rings is 4. The van der Waals surface area contributed by atoms with Crippen LogP contribution in [-0.4, -0.2) is 54.2 Å². The number of carboxylic acid groups (broad SMARTS) is 1. The van der Waals surface area contributed by atoms with Crippen molar-refractivity contribution in [1.29, 1.82) is 5.26 Å². The first-order chi connectivity index (χ1) is 22.6. The van der Waals surface area contributed by atoms with Gasteiger partial charge in [0.2, 0.25) is 6.79 Å². The number of ketones is 1. The highest BCUT2D eigenvalue weighted by Crippen LogP contribution is 2.58. The normalized spacial score (nSPS) is 21.2. The topological polar surface area (TPSA) is 135 Å². The molecule has 1 fully saturated rings. The number of methoxy groups -OCH3 is 2. The lowest BCUT2D eigenvalue weighted by Crippen LogP contribution is -2.54. The smallest absolute Gasteiger partial charge is 0.330 e. The number of carbonyl (C=O) groups is 3. The number of nitriles is 1. The summed E-state index contributed by atoms with van der Waals surface area (Å²) in [7, 11) is 2.89. The number of amides is 1. The lowest BCUT2D eigenvalue weighted by Gasteiger charge is -2.38. The van der Waals surface area contributed by atoms with Crippen molar-refractivity contribution in [1.82, 2.24) is 4.90 Å². The zero-order chi connectivity index (χ0) is 33.5. The molecule has 0 saturated carbocycles. The molecule has 0 aromatic heterocycles. The predicted octanol–water partition coefficient (Wildman–Crippen LogP) is 5.77. The maximum absolute atomic E-state index is 14.8. The molecule has 11 heteroatoms. The number of hydrogen-bond donors (Lipinski definition) is 1. The molecular formula is C36H29FN2O8. The fourth-order valence-electron chi connectivity index (χ4n) is 6.69. The van der Waals surface area contributed by atoms with Crippen molar-refractivity contribution in [2.75, 3.05) is 21.0 Å². The Bertz CT molecular complexity index is 1940. The molecule has 0 aliphatic carbocycles. The Kier molecular flexibility index (Phi) is 8.03. The molecule has 2 heterocycles. The van der Waals surface area contributed by atoms with E-state index in [9.17, 15) is 29.1 Å². The molecule has 10 nitrogen and oxygen atoms in total. The van der Waals surface area contributed by atoms with Crippen molar-refractivity contribution in [3.05, 3.63) is 119 Å². The Morgan fingerprint density at radius 2 is 1.60 bits per heavy atom. The van der Waals surface area contributed by atoms with Gasteiger partial charge in [0.05, 0.1) is 37.8 Å². The van der Waals surface area contributed by atoms with E-state index < -0.39 is 46.9 Å². The van der Waals surface area contributed by atoms with Crippen molar-refractivity contribution in [3.63, 3.8) is 0 Å². The van der Waals surface area contributed by atoms with Crippen LogP contribution in [-0.2, 0) is 4.79 Å². The molecule has 2 aliphatic heterocycles. The summed E-state index contributed by atoms with van der Waals surface area (Å²) in [5, 5.41) is 20.5. The zero-order valence-electron chi connectivity index (χ0n) is 25.6. The van der Waals surface area contributed by atoms with Gasteiger partial charge in [-0.25, -0.2) is 9.18 Å². The van der Waals surface area contributed by atoms with Gasteiger partial charge in [-0.15, -0.1) is 0 Å². The molecule has 1 N–H and O–H groups in total. The standard InChI is InChI=1S/C36H29FN2O8/c1-36(35(42)43)31(22-11-13-26(44-2)28(16-22)45-3)30(33(40)21-9-7-20(18-38)8-10-21)32(23-12-14-27-29(17-23)47-19-46-27)39(36)34(41)24-5-4-6-25(37)15-24/h4-17,30-32H,19H2,1-3H3,(H,42,43). The van der Waals surface area contributed by atoms with Crippen molar-refractivity contribution in [2.24, 2.45) is 5.92 Å². The van der Waals surface area contributed by atoms with Gasteiger partial charge in [0.25, 0.3) is 5.91 Å². The largest absolute Gasteiger partial charge is 0.493 e. The number of carbonyl (C=O) groups excluding carboxylic acids is 2. The van der Waals surface area contributed by atoms with Crippen LogP contribution in [0.15, 0.2) is 84.9 Å². The van der Waals surface area contributed by atoms with Crippen LogP contribution in [0.5, 0.6) is 23.0 Å². The minimum absolute atomic E-state index is 0.0376. The molecule has 1 saturated heterocycles. The fourth-order valence-corrected chi connectivity index (χ4v) is 6.69. The molecule has 238 valence electrons. The maximum atomic E-state index is 14.8. The third-order valence-electron chi connectivity index (χ3n) is 8.91. The highest BCUT2D eigenvalue weighted by atomic mass is 19.1. The Morgan fingerprint density at radius 1 is 0.894 bits per heavy atom. The zero-order valence-corrected chi connectivity index (χ0v) is 25.6. The highest BCUT2D eigenvalue weighted by molar-refractivity contribution is 6.04. The van der Waals surface area contributed by atoms with E-state index >= 15 is 0 Å². The SMILES string of the molecule is COc1ccc(C2C(C(=O)c3ccc(C#N)cc3)C(c3ccc4c(c3)OCO4)N(C(=O)c3cccc(F)c3)C2(C)C(=O)O)cc1OC. The first kappa shape index (κ1) is 31.1. The Balaban J connectivity index is 1.66. The monoisotopic (exact) mass is 636 g/mol. The Labute approximate surface area is 269 Å². The number of fused-ring (bicyclic) bond motifs is 1. The average Bonchev–Trinajstić information content (AvgIpc) is 3.67. The second-order valence-electron chi connectivity index (χ2n) is 11.4. The van der Waals surface area contributed by atoms with Gasteiger partial charge in [0.15, 0.2) is 28.8 Å². The lowest BCUT2D eigenvalue weighted by atomic mass is 9.71. The van der Waals surface area contributed by atoms with E-state index in [-0.39, 0.29) is 23.7 Å². The van der Waals surface area contributed by atoms with Crippen LogP contribution >= 0.6 is 0 Å². The molecular weight excluding hydrogens is 607 g/mol. The van der Waals surface area contributed by atoms with Crippen LogP contribution in [0.2, 0.25) is 0 Å². The first-order valence-electron chi connectivity index (χ1n) is 14.6. The van der Waals surface area contributed by atoms with Crippen molar-refractivity contribution < 1.29 is 42.8 Å². The van der Waals surface area contributed by atoms with Gasteiger partial charge in [0.1, 0.15) is 11.4 Å². The summed E-state index contributed by atoms with van der Waals surface area (Å²) >= 11 is 0. The molecule has 47 heavy (non-hydrogen) atoms. The number of rotatable bonds is 8. The summed E-state index contributed by atoms with van der Waals surface area (Å²) in [5.74, 6) is -4.25. The van der Waals surface area contributed by atoms with E-state index in [4.69, 9.17) is 18.9 Å². The third-order valence-corrected chi connectivity index (χ3v) is 8.91. The quantitative estimate of drug-likeness (QED) is 0.239. The van der Waals surface area contributed by atoms with Gasteiger partial charge in [-0.05, 0) is 72.6 Å². The van der Waals surface area contributed by atoms with E-state index in [1.54, 1.807) is 36.4 Å². The minimum Gasteiger partial charge on any atom is -0.493 e. The second-order valence-corrected chi connectivity index (χ2v) is 11.4. The molecule has 4 aromatic carbocycles. The van der Waals surface area contributed by atoms with Crippen LogP contribution in [0, 0.1) is 23.1 Å². The maximum Gasteiger partial charge on any atom is 0.330 e. The van der Waals surface area contributed by atoms with Crippen LogP contribution in [0.25, 0.3) is 0 Å². The molecule has 4 atom stereocenters. The number of Topliss-reactive ketones (excluding diaryl/α,β-unsaturated/α-hetero) is 1. The highest BCUT2D eigenvalue weighted by Gasteiger charge is 2.65. The molecule has 6 rings (SSSR count). The summed E-state index contributed by atoms with van der Waals surface area (Å²) in [4.78, 5) is 44.2. The first-order valence-corrected chi connectivity index (χ1v) is 14.6. The number of likely N-dealkylation sites (tertiary alicyclic amines) is 1. The van der Waals surface area contributed by atoms with Gasteiger partial charge in [-0.3, -0.25) is 9.59 Å². The summed E-state index contributed by atoms with van der Waals surface area (Å²) < 4.78 is 36.6.